The molecule has 2 rings (SSSR count). The van der Waals surface area contributed by atoms with Gasteiger partial charge in [-0.3, -0.25) is 4.79 Å². The average Bonchev–Trinajstić information content (AvgIpc) is 2.37. The van der Waals surface area contributed by atoms with E-state index in [0.717, 1.165) is 0 Å². The van der Waals surface area contributed by atoms with Crippen LogP contribution in [-0.4, -0.2) is 36.1 Å². The highest BCUT2D eigenvalue weighted by atomic mass is 16.4. The van der Waals surface area contributed by atoms with Crippen LogP contribution in [0.5, 0.6) is 0 Å². The van der Waals surface area contributed by atoms with E-state index in [1.54, 1.807) is 12.1 Å². The number of piperazine rings is 1. The molecular formula is C13H17N3O3. The van der Waals surface area contributed by atoms with Gasteiger partial charge in [0.25, 0.3) is 0 Å². The van der Waals surface area contributed by atoms with Crippen LogP contribution in [0.2, 0.25) is 0 Å². The second-order valence-corrected chi connectivity index (χ2v) is 4.49. The zero-order chi connectivity index (χ0) is 14.0. The predicted molar refractivity (Wildman–Crippen MR) is 72.2 cm³/mol. The van der Waals surface area contributed by atoms with Gasteiger partial charge in [0.2, 0.25) is 5.91 Å². The lowest BCUT2D eigenvalue weighted by molar-refractivity contribution is -0.123. The molecule has 1 amide bonds. The van der Waals surface area contributed by atoms with Gasteiger partial charge in [0, 0.05) is 18.8 Å². The Balaban J connectivity index is 2.46. The second kappa shape index (κ2) is 5.17. The van der Waals surface area contributed by atoms with Crippen LogP contribution in [0.25, 0.3) is 0 Å². The first-order valence-corrected chi connectivity index (χ1v) is 6.21. The van der Waals surface area contributed by atoms with Crippen molar-refractivity contribution in [1.82, 2.24) is 5.32 Å². The molecule has 1 aliphatic heterocycles. The van der Waals surface area contributed by atoms with E-state index in [0.29, 0.717) is 30.9 Å². The van der Waals surface area contributed by atoms with Crippen molar-refractivity contribution >= 4 is 23.3 Å². The average molecular weight is 263 g/mol. The number of nitrogen functional groups attached to an aromatic ring is 1. The number of rotatable bonds is 3. The fourth-order valence-corrected chi connectivity index (χ4v) is 2.38. The number of aromatic carboxylic acids is 1. The summed E-state index contributed by atoms with van der Waals surface area (Å²) in [4.78, 5) is 24.9. The Hall–Kier alpha value is -2.24. The van der Waals surface area contributed by atoms with Crippen LogP contribution in [0.15, 0.2) is 18.2 Å². The number of nitrogens with one attached hydrogen (secondary N) is 1. The molecule has 6 nitrogen and oxygen atoms in total. The van der Waals surface area contributed by atoms with E-state index in [2.05, 4.69) is 5.32 Å². The Morgan fingerprint density at radius 1 is 1.58 bits per heavy atom. The van der Waals surface area contributed by atoms with Crippen LogP contribution in [0.1, 0.15) is 23.7 Å². The van der Waals surface area contributed by atoms with Gasteiger partial charge in [-0.15, -0.1) is 0 Å². The van der Waals surface area contributed by atoms with E-state index in [1.807, 2.05) is 11.8 Å². The van der Waals surface area contributed by atoms with E-state index < -0.39 is 5.97 Å². The van der Waals surface area contributed by atoms with Crippen LogP contribution < -0.4 is 16.0 Å². The van der Waals surface area contributed by atoms with Crippen molar-refractivity contribution in [3.05, 3.63) is 23.8 Å². The van der Waals surface area contributed by atoms with Crippen molar-refractivity contribution in [3.63, 3.8) is 0 Å². The van der Waals surface area contributed by atoms with E-state index in [4.69, 9.17) is 5.73 Å². The third-order valence-electron chi connectivity index (χ3n) is 3.28. The highest BCUT2D eigenvalue weighted by molar-refractivity contribution is 5.97. The van der Waals surface area contributed by atoms with Gasteiger partial charge >= 0.3 is 5.97 Å². The number of hydrogen-bond donors (Lipinski definition) is 3. The molecule has 0 saturated carbocycles. The first-order valence-electron chi connectivity index (χ1n) is 6.21. The summed E-state index contributed by atoms with van der Waals surface area (Å²) in [6.07, 6.45) is 0.611. The Morgan fingerprint density at radius 2 is 2.32 bits per heavy atom. The molecule has 1 fully saturated rings. The molecule has 1 saturated heterocycles. The maximum absolute atomic E-state index is 11.8. The fourth-order valence-electron chi connectivity index (χ4n) is 2.38. The highest BCUT2D eigenvalue weighted by Gasteiger charge is 2.30. The number of amides is 1. The number of anilines is 2. The van der Waals surface area contributed by atoms with Gasteiger partial charge in [-0.2, -0.15) is 0 Å². The second-order valence-electron chi connectivity index (χ2n) is 4.49. The lowest BCUT2D eigenvalue weighted by Gasteiger charge is -2.37. The summed E-state index contributed by atoms with van der Waals surface area (Å²) in [6, 6.07) is 4.29. The molecule has 0 spiro atoms. The first-order chi connectivity index (χ1) is 9.04. The van der Waals surface area contributed by atoms with Crippen molar-refractivity contribution in [3.8, 4) is 0 Å². The molecule has 0 aliphatic carbocycles. The number of carbonyl (C=O) groups excluding carboxylic acids is 1. The fraction of sp³-hybridized carbons (Fsp3) is 0.385. The summed E-state index contributed by atoms with van der Waals surface area (Å²) >= 11 is 0. The van der Waals surface area contributed by atoms with Crippen molar-refractivity contribution in [1.29, 1.82) is 0 Å². The lowest BCUT2D eigenvalue weighted by atomic mass is 10.0. The third-order valence-corrected chi connectivity index (χ3v) is 3.28. The molecule has 1 aromatic carbocycles. The van der Waals surface area contributed by atoms with Gasteiger partial charge < -0.3 is 21.1 Å². The van der Waals surface area contributed by atoms with Crippen LogP contribution in [0.4, 0.5) is 11.4 Å². The molecule has 0 radical (unpaired) electrons. The number of nitrogens with zero attached hydrogens (tertiary/aromatic N) is 1. The highest BCUT2D eigenvalue weighted by Crippen LogP contribution is 2.27. The van der Waals surface area contributed by atoms with E-state index in [9.17, 15) is 14.7 Å². The molecule has 1 heterocycles. The summed E-state index contributed by atoms with van der Waals surface area (Å²) in [5.74, 6) is -1.09. The summed E-state index contributed by atoms with van der Waals surface area (Å²) < 4.78 is 0. The van der Waals surface area contributed by atoms with E-state index in [-0.39, 0.29) is 17.5 Å². The van der Waals surface area contributed by atoms with Gasteiger partial charge in [-0.05, 0) is 24.6 Å². The number of carboxylic acids is 1. The Labute approximate surface area is 111 Å². The molecule has 1 atom stereocenters. The van der Waals surface area contributed by atoms with Gasteiger partial charge in [0.1, 0.15) is 6.04 Å². The summed E-state index contributed by atoms with van der Waals surface area (Å²) in [6.45, 7) is 2.98. The molecule has 1 aromatic rings. The number of hydrogen-bond acceptors (Lipinski definition) is 4. The topological polar surface area (TPSA) is 95.7 Å². The van der Waals surface area contributed by atoms with E-state index in [1.165, 1.54) is 6.07 Å². The van der Waals surface area contributed by atoms with Crippen molar-refractivity contribution in [2.45, 2.75) is 19.4 Å². The zero-order valence-electron chi connectivity index (χ0n) is 10.7. The molecular weight excluding hydrogens is 246 g/mol. The van der Waals surface area contributed by atoms with Gasteiger partial charge in [0.15, 0.2) is 0 Å². The third kappa shape index (κ3) is 2.47. The quantitative estimate of drug-likeness (QED) is 0.697. The van der Waals surface area contributed by atoms with Crippen molar-refractivity contribution in [2.24, 2.45) is 0 Å². The SMILES string of the molecule is CCC1C(=O)NCCN1c1cc(N)ccc1C(=O)O. The molecule has 102 valence electrons. The smallest absolute Gasteiger partial charge is 0.337 e. The van der Waals surface area contributed by atoms with Crippen molar-refractivity contribution < 1.29 is 14.7 Å². The standard InChI is InChI=1S/C13H17N3O3/c1-2-10-12(17)15-5-6-16(10)11-7-8(14)3-4-9(11)13(18)19/h3-4,7,10H,2,5-6,14H2,1H3,(H,15,17)(H,18,19). The molecule has 6 heteroatoms. The Morgan fingerprint density at radius 3 is 2.95 bits per heavy atom. The van der Waals surface area contributed by atoms with Crippen LogP contribution in [-0.2, 0) is 4.79 Å². The molecule has 4 N–H and O–H groups in total. The molecule has 1 unspecified atom stereocenters. The molecule has 1 aliphatic rings. The summed E-state index contributed by atoms with van der Waals surface area (Å²) in [5.41, 5.74) is 6.90. The van der Waals surface area contributed by atoms with Gasteiger partial charge in [-0.25, -0.2) is 4.79 Å². The Bertz CT molecular complexity index is 516. The minimum atomic E-state index is -1.02. The van der Waals surface area contributed by atoms with Crippen LogP contribution in [0.3, 0.4) is 0 Å². The molecule has 0 bridgehead atoms. The van der Waals surface area contributed by atoms with Gasteiger partial charge in [0.05, 0.1) is 11.3 Å². The minimum absolute atomic E-state index is 0.0764. The predicted octanol–water partition coefficient (Wildman–Crippen LogP) is 0.682. The van der Waals surface area contributed by atoms with Crippen LogP contribution >= 0.6 is 0 Å². The normalized spacial score (nSPS) is 19.1. The lowest BCUT2D eigenvalue weighted by Crippen LogP contribution is -2.55. The summed E-state index contributed by atoms with van der Waals surface area (Å²) in [7, 11) is 0. The zero-order valence-corrected chi connectivity index (χ0v) is 10.7. The van der Waals surface area contributed by atoms with E-state index >= 15 is 0 Å². The molecule has 19 heavy (non-hydrogen) atoms. The maximum atomic E-state index is 11.8. The molecule has 0 aromatic heterocycles. The minimum Gasteiger partial charge on any atom is -0.478 e. The monoisotopic (exact) mass is 263 g/mol. The van der Waals surface area contributed by atoms with Gasteiger partial charge in [-0.1, -0.05) is 6.92 Å². The number of benzene rings is 1. The number of nitrogens with two attached hydrogens (primary N) is 1. The maximum Gasteiger partial charge on any atom is 0.337 e. The van der Waals surface area contributed by atoms with Crippen molar-refractivity contribution in [2.75, 3.05) is 23.7 Å². The Kier molecular flexibility index (Phi) is 3.59. The summed E-state index contributed by atoms with van der Waals surface area (Å²) in [5, 5.41) is 12.0. The largest absolute Gasteiger partial charge is 0.478 e. The number of carboxylic acid groups (broad SMARTS) is 1. The van der Waals surface area contributed by atoms with Crippen LogP contribution in [0, 0.1) is 0 Å². The first kappa shape index (κ1) is 13.2. The number of carbonyl (C=O) groups is 2.